The number of nitrogens with zero attached hydrogens (tertiary/aromatic N) is 4. The lowest BCUT2D eigenvalue weighted by Gasteiger charge is -2.32. The first kappa shape index (κ1) is 16.1. The van der Waals surface area contributed by atoms with Crippen molar-refractivity contribution >= 4 is 16.5 Å². The lowest BCUT2D eigenvalue weighted by Crippen LogP contribution is -2.42. The van der Waals surface area contributed by atoms with Gasteiger partial charge >= 0.3 is 5.69 Å². The molecule has 1 aliphatic rings. The predicted molar refractivity (Wildman–Crippen MR) is 78.4 cm³/mol. The zero-order valence-electron chi connectivity index (χ0n) is 11.9. The fourth-order valence-corrected chi connectivity index (χ4v) is 3.80. The zero-order chi connectivity index (χ0) is 15.4. The number of hydrogen-bond donors (Lipinski definition) is 1. The van der Waals surface area contributed by atoms with E-state index >= 15 is 0 Å². The Balaban J connectivity index is 1.81. The van der Waals surface area contributed by atoms with Gasteiger partial charge in [0.15, 0.2) is 0 Å². The van der Waals surface area contributed by atoms with Gasteiger partial charge in [-0.2, -0.15) is 5.10 Å². The Morgan fingerprint density at radius 1 is 1.62 bits per heavy atom. The van der Waals surface area contributed by atoms with Crippen LogP contribution in [0.4, 0.5) is 5.69 Å². The highest BCUT2D eigenvalue weighted by Gasteiger charge is 2.23. The average molecular weight is 316 g/mol. The van der Waals surface area contributed by atoms with E-state index in [0.717, 1.165) is 24.3 Å². The van der Waals surface area contributed by atoms with Crippen molar-refractivity contribution in [2.75, 3.05) is 25.1 Å². The van der Waals surface area contributed by atoms with Crippen LogP contribution in [0, 0.1) is 10.1 Å². The third kappa shape index (κ3) is 4.58. The van der Waals surface area contributed by atoms with Gasteiger partial charge in [-0.1, -0.05) is 0 Å². The van der Waals surface area contributed by atoms with E-state index in [9.17, 15) is 19.4 Å². The molecule has 0 aliphatic carbocycles. The van der Waals surface area contributed by atoms with Crippen LogP contribution in [0.5, 0.6) is 0 Å². The Labute approximate surface area is 125 Å². The number of aromatic nitrogens is 2. The Morgan fingerprint density at radius 3 is 2.86 bits per heavy atom. The first-order chi connectivity index (χ1) is 9.95. The van der Waals surface area contributed by atoms with E-state index < -0.39 is 21.8 Å². The van der Waals surface area contributed by atoms with E-state index in [4.69, 9.17) is 0 Å². The summed E-state index contributed by atoms with van der Waals surface area (Å²) in [4.78, 5) is 12.1. The Morgan fingerprint density at radius 2 is 2.29 bits per heavy atom. The molecule has 1 fully saturated rings. The maximum Gasteiger partial charge on any atom is 0.306 e. The maximum atomic E-state index is 11.3. The normalized spacial score (nSPS) is 24.1. The molecular weight excluding hydrogens is 296 g/mol. The van der Waals surface area contributed by atoms with E-state index in [2.05, 4.69) is 10.00 Å². The standard InChI is InChI=1S/C12H20N4O4S/c1-14(10-2-4-21(20)5-3-10)8-12(17)9-15-7-11(6-13-15)16(18)19/h6-7,10,12,17H,2-5,8-9H2,1H3. The minimum absolute atomic E-state index is 0.0784. The summed E-state index contributed by atoms with van der Waals surface area (Å²) < 4.78 is 12.7. The molecule has 2 heterocycles. The van der Waals surface area contributed by atoms with E-state index in [1.165, 1.54) is 17.1 Å². The molecule has 1 unspecified atom stereocenters. The molecule has 1 aromatic rings. The molecule has 1 aromatic heterocycles. The van der Waals surface area contributed by atoms with Gasteiger partial charge in [-0.05, 0) is 19.9 Å². The van der Waals surface area contributed by atoms with Crippen LogP contribution in [-0.2, 0) is 17.3 Å². The highest BCUT2D eigenvalue weighted by molar-refractivity contribution is 7.85. The van der Waals surface area contributed by atoms with E-state index in [0.29, 0.717) is 12.6 Å². The second kappa shape index (κ2) is 7.10. The van der Waals surface area contributed by atoms with Gasteiger partial charge < -0.3 is 10.0 Å². The summed E-state index contributed by atoms with van der Waals surface area (Å²) >= 11 is 0. The van der Waals surface area contributed by atoms with Crippen molar-refractivity contribution in [2.24, 2.45) is 0 Å². The quantitative estimate of drug-likeness (QED) is 0.585. The highest BCUT2D eigenvalue weighted by atomic mass is 32.2. The Bertz CT molecular complexity index is 511. The van der Waals surface area contributed by atoms with Crippen LogP contribution in [-0.4, -0.2) is 66.2 Å². The molecule has 1 atom stereocenters. The summed E-state index contributed by atoms with van der Waals surface area (Å²) in [6, 6.07) is 0.337. The molecular formula is C12H20N4O4S. The van der Waals surface area contributed by atoms with Gasteiger partial charge in [-0.25, -0.2) is 0 Å². The summed E-state index contributed by atoms with van der Waals surface area (Å²) in [5, 5.41) is 24.5. The van der Waals surface area contributed by atoms with Crippen LogP contribution < -0.4 is 0 Å². The van der Waals surface area contributed by atoms with Crippen LogP contribution in [0.1, 0.15) is 12.8 Å². The summed E-state index contributed by atoms with van der Waals surface area (Å²) in [5.41, 5.74) is -0.0784. The molecule has 0 spiro atoms. The number of nitro groups is 1. The fraction of sp³-hybridized carbons (Fsp3) is 0.750. The van der Waals surface area contributed by atoms with Gasteiger partial charge in [0, 0.05) is 34.9 Å². The van der Waals surface area contributed by atoms with E-state index in [-0.39, 0.29) is 12.2 Å². The molecule has 2 rings (SSSR count). The summed E-state index contributed by atoms with van der Waals surface area (Å²) in [6.07, 6.45) is 3.59. The largest absolute Gasteiger partial charge is 0.390 e. The zero-order valence-corrected chi connectivity index (χ0v) is 12.7. The predicted octanol–water partition coefficient (Wildman–Crippen LogP) is -0.00490. The SMILES string of the molecule is CN(CC(O)Cn1cc([N+](=O)[O-])cn1)C1CCS(=O)CC1. The summed E-state index contributed by atoms with van der Waals surface area (Å²) in [6.45, 7) is 0.682. The van der Waals surface area contributed by atoms with Crippen molar-refractivity contribution in [1.29, 1.82) is 0 Å². The fourth-order valence-electron chi connectivity index (χ4n) is 2.52. The average Bonchev–Trinajstić information content (AvgIpc) is 2.87. The number of likely N-dealkylation sites (N-methyl/N-ethyl adjacent to an activating group) is 1. The molecule has 0 bridgehead atoms. The number of rotatable bonds is 6. The molecule has 8 nitrogen and oxygen atoms in total. The molecule has 9 heteroatoms. The van der Waals surface area contributed by atoms with Gasteiger partial charge in [0.25, 0.3) is 0 Å². The summed E-state index contributed by atoms with van der Waals surface area (Å²) in [7, 11) is 1.25. The third-order valence-corrected chi connectivity index (χ3v) is 5.09. The topological polar surface area (TPSA) is 102 Å². The first-order valence-electron chi connectivity index (χ1n) is 6.86. The minimum atomic E-state index is -0.691. The molecule has 118 valence electrons. The number of aliphatic hydroxyl groups is 1. The van der Waals surface area contributed by atoms with Gasteiger partial charge in [0.05, 0.1) is 17.6 Å². The van der Waals surface area contributed by atoms with E-state index in [1.807, 2.05) is 7.05 Å². The van der Waals surface area contributed by atoms with Crippen molar-refractivity contribution in [3.05, 3.63) is 22.5 Å². The molecule has 0 saturated carbocycles. The lowest BCUT2D eigenvalue weighted by atomic mass is 10.1. The molecule has 1 N–H and O–H groups in total. The second-order valence-corrected chi connectivity index (χ2v) is 7.05. The van der Waals surface area contributed by atoms with Crippen molar-refractivity contribution in [3.8, 4) is 0 Å². The molecule has 0 radical (unpaired) electrons. The van der Waals surface area contributed by atoms with Crippen LogP contribution in [0.15, 0.2) is 12.4 Å². The van der Waals surface area contributed by atoms with Gasteiger partial charge in [0.2, 0.25) is 0 Å². The van der Waals surface area contributed by atoms with Crippen LogP contribution >= 0.6 is 0 Å². The lowest BCUT2D eigenvalue weighted by molar-refractivity contribution is -0.385. The molecule has 0 aromatic carbocycles. The van der Waals surface area contributed by atoms with Crippen molar-refractivity contribution in [3.63, 3.8) is 0 Å². The number of hydrogen-bond acceptors (Lipinski definition) is 6. The Hall–Kier alpha value is -1.32. The maximum absolute atomic E-state index is 11.3. The van der Waals surface area contributed by atoms with Crippen molar-refractivity contribution in [2.45, 2.75) is 31.5 Å². The molecule has 21 heavy (non-hydrogen) atoms. The highest BCUT2D eigenvalue weighted by Crippen LogP contribution is 2.15. The van der Waals surface area contributed by atoms with Crippen molar-refractivity contribution < 1.29 is 14.2 Å². The molecule has 0 amide bonds. The summed E-state index contributed by atoms with van der Waals surface area (Å²) in [5.74, 6) is 1.44. The van der Waals surface area contributed by atoms with Crippen molar-refractivity contribution in [1.82, 2.24) is 14.7 Å². The molecule has 1 saturated heterocycles. The second-order valence-electron chi connectivity index (χ2n) is 5.35. The van der Waals surface area contributed by atoms with Gasteiger partial charge in [0.1, 0.15) is 12.4 Å². The minimum Gasteiger partial charge on any atom is -0.390 e. The monoisotopic (exact) mass is 316 g/mol. The molecule has 1 aliphatic heterocycles. The first-order valence-corrected chi connectivity index (χ1v) is 8.34. The van der Waals surface area contributed by atoms with Crippen LogP contribution in [0.25, 0.3) is 0 Å². The van der Waals surface area contributed by atoms with Crippen LogP contribution in [0.2, 0.25) is 0 Å². The smallest absolute Gasteiger partial charge is 0.306 e. The van der Waals surface area contributed by atoms with Gasteiger partial charge in [-0.3, -0.25) is 19.0 Å². The third-order valence-electron chi connectivity index (χ3n) is 3.71. The number of aliphatic hydroxyl groups excluding tert-OH is 1. The Kier molecular flexibility index (Phi) is 5.43. The van der Waals surface area contributed by atoms with Gasteiger partial charge in [-0.15, -0.1) is 0 Å². The van der Waals surface area contributed by atoms with E-state index in [1.54, 1.807) is 0 Å². The van der Waals surface area contributed by atoms with Crippen LogP contribution in [0.3, 0.4) is 0 Å².